The van der Waals surface area contributed by atoms with Crippen molar-refractivity contribution in [2.24, 2.45) is 0 Å². The minimum absolute atomic E-state index is 0.0355. The van der Waals surface area contributed by atoms with Crippen LogP contribution in [0.1, 0.15) is 22.7 Å². The van der Waals surface area contributed by atoms with Crippen LogP contribution in [0.15, 0.2) is 48.8 Å². The molecule has 1 unspecified atom stereocenters. The Kier molecular flexibility index (Phi) is 4.45. The second kappa shape index (κ2) is 6.28. The quantitative estimate of drug-likeness (QED) is 0.845. The van der Waals surface area contributed by atoms with Crippen LogP contribution in [0.5, 0.6) is 0 Å². The highest BCUT2D eigenvalue weighted by Crippen LogP contribution is 2.12. The van der Waals surface area contributed by atoms with Gasteiger partial charge in [-0.15, -0.1) is 0 Å². The number of hydrogen-bond acceptors (Lipinski definition) is 3. The maximum Gasteiger partial charge on any atom is 0.0626 e. The molecule has 2 rings (SSSR count). The van der Waals surface area contributed by atoms with Gasteiger partial charge in [0.1, 0.15) is 0 Å². The molecular weight excluding hydrogens is 224 g/mol. The molecule has 0 fully saturated rings. The molecule has 1 atom stereocenters. The zero-order chi connectivity index (χ0) is 12.8. The molecule has 18 heavy (non-hydrogen) atoms. The fourth-order valence-corrected chi connectivity index (χ4v) is 1.93. The van der Waals surface area contributed by atoms with Crippen molar-refractivity contribution in [2.75, 3.05) is 6.61 Å². The predicted molar refractivity (Wildman–Crippen MR) is 72.1 cm³/mol. The predicted octanol–water partition coefficient (Wildman–Crippen LogP) is 2.21. The van der Waals surface area contributed by atoms with E-state index in [-0.39, 0.29) is 12.6 Å². The molecule has 0 aliphatic carbocycles. The highest BCUT2D eigenvalue weighted by atomic mass is 16.3. The lowest BCUT2D eigenvalue weighted by Gasteiger charge is -2.16. The molecule has 1 heterocycles. The molecule has 3 nitrogen and oxygen atoms in total. The van der Waals surface area contributed by atoms with Crippen LogP contribution < -0.4 is 5.32 Å². The van der Waals surface area contributed by atoms with E-state index in [0.717, 1.165) is 16.7 Å². The van der Waals surface area contributed by atoms with Crippen molar-refractivity contribution in [2.45, 2.75) is 19.5 Å². The molecule has 0 radical (unpaired) electrons. The Balaban J connectivity index is 2.00. The van der Waals surface area contributed by atoms with Gasteiger partial charge in [0.15, 0.2) is 0 Å². The normalized spacial score (nSPS) is 12.3. The summed E-state index contributed by atoms with van der Waals surface area (Å²) in [6.07, 6.45) is 3.68. The molecule has 2 N–H and O–H groups in total. The molecule has 0 saturated heterocycles. The Bertz CT molecular complexity index is 485. The summed E-state index contributed by atoms with van der Waals surface area (Å²) in [5.74, 6) is 0. The Morgan fingerprint density at radius 3 is 2.67 bits per heavy atom. The van der Waals surface area contributed by atoms with Gasteiger partial charge in [0.05, 0.1) is 12.6 Å². The number of aromatic nitrogens is 1. The highest BCUT2D eigenvalue weighted by molar-refractivity contribution is 5.20. The first kappa shape index (κ1) is 12.7. The van der Waals surface area contributed by atoms with E-state index in [1.54, 1.807) is 0 Å². The summed E-state index contributed by atoms with van der Waals surface area (Å²) in [6, 6.07) is 12.0. The third kappa shape index (κ3) is 3.39. The fourth-order valence-electron chi connectivity index (χ4n) is 1.93. The Labute approximate surface area is 108 Å². The Hall–Kier alpha value is -1.71. The van der Waals surface area contributed by atoms with Gasteiger partial charge < -0.3 is 10.4 Å². The summed E-state index contributed by atoms with van der Waals surface area (Å²) in [5, 5.41) is 12.8. The van der Waals surface area contributed by atoms with Crippen molar-refractivity contribution in [3.8, 4) is 0 Å². The van der Waals surface area contributed by atoms with E-state index in [9.17, 15) is 5.11 Å². The summed E-state index contributed by atoms with van der Waals surface area (Å²) in [6.45, 7) is 2.81. The lowest BCUT2D eigenvalue weighted by Crippen LogP contribution is -2.24. The summed E-state index contributed by atoms with van der Waals surface area (Å²) in [7, 11) is 0. The van der Waals surface area contributed by atoms with Gasteiger partial charge in [-0.1, -0.05) is 36.4 Å². The smallest absolute Gasteiger partial charge is 0.0626 e. The Morgan fingerprint density at radius 2 is 2.00 bits per heavy atom. The third-order valence-corrected chi connectivity index (χ3v) is 2.87. The van der Waals surface area contributed by atoms with E-state index in [0.29, 0.717) is 6.54 Å². The first-order chi connectivity index (χ1) is 8.79. The van der Waals surface area contributed by atoms with E-state index in [2.05, 4.69) is 16.4 Å². The van der Waals surface area contributed by atoms with Crippen LogP contribution in [0.4, 0.5) is 0 Å². The second-order valence-corrected chi connectivity index (χ2v) is 4.40. The summed E-state index contributed by atoms with van der Waals surface area (Å²) >= 11 is 0. The largest absolute Gasteiger partial charge is 0.394 e. The number of aliphatic hydroxyl groups is 1. The van der Waals surface area contributed by atoms with Crippen LogP contribution in [-0.2, 0) is 6.54 Å². The van der Waals surface area contributed by atoms with Crippen LogP contribution in [0.2, 0.25) is 0 Å². The van der Waals surface area contributed by atoms with Crippen LogP contribution in [-0.4, -0.2) is 16.7 Å². The number of nitrogens with zero attached hydrogens (tertiary/aromatic N) is 1. The summed E-state index contributed by atoms with van der Waals surface area (Å²) in [4.78, 5) is 4.16. The summed E-state index contributed by atoms with van der Waals surface area (Å²) < 4.78 is 0. The number of nitrogens with one attached hydrogen (secondary N) is 1. The van der Waals surface area contributed by atoms with E-state index in [1.165, 1.54) is 0 Å². The molecule has 94 valence electrons. The van der Waals surface area contributed by atoms with E-state index >= 15 is 0 Å². The molecule has 0 saturated carbocycles. The molecule has 0 bridgehead atoms. The van der Waals surface area contributed by atoms with Gasteiger partial charge in [0.2, 0.25) is 0 Å². The SMILES string of the molecule is Cc1cncc(CNC(CO)c2ccccc2)c1. The zero-order valence-electron chi connectivity index (χ0n) is 10.5. The van der Waals surface area contributed by atoms with Crippen molar-refractivity contribution in [1.29, 1.82) is 0 Å². The van der Waals surface area contributed by atoms with E-state index in [1.807, 2.05) is 49.6 Å². The number of hydrogen-bond donors (Lipinski definition) is 2. The lowest BCUT2D eigenvalue weighted by atomic mass is 10.1. The molecule has 0 amide bonds. The maximum atomic E-state index is 9.43. The Morgan fingerprint density at radius 1 is 1.22 bits per heavy atom. The average Bonchev–Trinajstić information content (AvgIpc) is 2.41. The standard InChI is InChI=1S/C15H18N2O/c1-12-7-13(9-16-8-12)10-17-15(11-18)14-5-3-2-4-6-14/h2-9,15,17-18H,10-11H2,1H3. The third-order valence-electron chi connectivity index (χ3n) is 2.87. The average molecular weight is 242 g/mol. The molecule has 3 heteroatoms. The highest BCUT2D eigenvalue weighted by Gasteiger charge is 2.08. The molecule has 1 aromatic carbocycles. The monoisotopic (exact) mass is 242 g/mol. The molecule has 2 aromatic rings. The number of benzene rings is 1. The van der Waals surface area contributed by atoms with Gasteiger partial charge in [-0.3, -0.25) is 4.98 Å². The number of rotatable bonds is 5. The van der Waals surface area contributed by atoms with Crippen molar-refractivity contribution in [3.05, 3.63) is 65.5 Å². The van der Waals surface area contributed by atoms with Gasteiger partial charge in [0.25, 0.3) is 0 Å². The number of pyridine rings is 1. The fraction of sp³-hybridized carbons (Fsp3) is 0.267. The van der Waals surface area contributed by atoms with Gasteiger partial charge in [0, 0.05) is 18.9 Å². The summed E-state index contributed by atoms with van der Waals surface area (Å²) in [5.41, 5.74) is 3.37. The van der Waals surface area contributed by atoms with Crippen LogP contribution in [0, 0.1) is 6.92 Å². The molecule has 0 aliphatic rings. The first-order valence-electron chi connectivity index (χ1n) is 6.09. The first-order valence-corrected chi connectivity index (χ1v) is 6.09. The number of aliphatic hydroxyl groups excluding tert-OH is 1. The van der Waals surface area contributed by atoms with Crippen molar-refractivity contribution in [1.82, 2.24) is 10.3 Å². The maximum absolute atomic E-state index is 9.43. The van der Waals surface area contributed by atoms with Gasteiger partial charge in [-0.05, 0) is 23.6 Å². The van der Waals surface area contributed by atoms with E-state index in [4.69, 9.17) is 0 Å². The zero-order valence-corrected chi connectivity index (χ0v) is 10.5. The minimum atomic E-state index is -0.0355. The topological polar surface area (TPSA) is 45.2 Å². The lowest BCUT2D eigenvalue weighted by molar-refractivity contribution is 0.243. The van der Waals surface area contributed by atoms with Gasteiger partial charge in [-0.2, -0.15) is 0 Å². The molecular formula is C15H18N2O. The molecule has 1 aromatic heterocycles. The van der Waals surface area contributed by atoms with Gasteiger partial charge >= 0.3 is 0 Å². The van der Waals surface area contributed by atoms with Crippen molar-refractivity contribution < 1.29 is 5.11 Å². The van der Waals surface area contributed by atoms with Crippen LogP contribution in [0.3, 0.4) is 0 Å². The minimum Gasteiger partial charge on any atom is -0.394 e. The second-order valence-electron chi connectivity index (χ2n) is 4.40. The van der Waals surface area contributed by atoms with Crippen LogP contribution >= 0.6 is 0 Å². The van der Waals surface area contributed by atoms with E-state index < -0.39 is 0 Å². The molecule has 0 aliphatic heterocycles. The molecule has 0 spiro atoms. The van der Waals surface area contributed by atoms with Gasteiger partial charge in [-0.25, -0.2) is 0 Å². The van der Waals surface area contributed by atoms with Crippen molar-refractivity contribution in [3.63, 3.8) is 0 Å². The van der Waals surface area contributed by atoms with Crippen LogP contribution in [0.25, 0.3) is 0 Å². The van der Waals surface area contributed by atoms with Crippen molar-refractivity contribution >= 4 is 0 Å². The number of aryl methyl sites for hydroxylation is 1.